The van der Waals surface area contributed by atoms with Crippen molar-refractivity contribution in [3.8, 4) is 0 Å². The third kappa shape index (κ3) is 2.03. The molecule has 0 atom stereocenters. The summed E-state index contributed by atoms with van der Waals surface area (Å²) in [5.41, 5.74) is 1.69. The van der Waals surface area contributed by atoms with E-state index in [1.807, 2.05) is 26.1 Å². The molecule has 0 saturated carbocycles. The number of benzene rings is 1. The molecule has 3 rings (SSSR count). The van der Waals surface area contributed by atoms with Gasteiger partial charge in [-0.25, -0.2) is 14.8 Å². The summed E-state index contributed by atoms with van der Waals surface area (Å²) in [5, 5.41) is 11.4. The number of carbonyl (C=O) groups is 1. The van der Waals surface area contributed by atoms with Gasteiger partial charge in [0.15, 0.2) is 0 Å². The number of aryl methyl sites for hydroxylation is 1. The summed E-state index contributed by atoms with van der Waals surface area (Å²) in [4.78, 5) is 20.1. The van der Waals surface area contributed by atoms with Crippen LogP contribution in [0.4, 0.5) is 10.7 Å². The fourth-order valence-electron chi connectivity index (χ4n) is 2.12. The molecule has 102 valence electrons. The van der Waals surface area contributed by atoms with Crippen molar-refractivity contribution in [2.75, 3.05) is 11.9 Å². The van der Waals surface area contributed by atoms with E-state index in [1.54, 1.807) is 17.1 Å². The van der Waals surface area contributed by atoms with Crippen molar-refractivity contribution in [2.45, 2.75) is 6.92 Å². The highest BCUT2D eigenvalue weighted by atomic mass is 16.2. The van der Waals surface area contributed by atoms with Crippen molar-refractivity contribution in [3.05, 3.63) is 24.5 Å². The zero-order valence-electron chi connectivity index (χ0n) is 11.2. The van der Waals surface area contributed by atoms with Crippen LogP contribution >= 0.6 is 0 Å². The molecule has 2 N–H and O–H groups in total. The summed E-state index contributed by atoms with van der Waals surface area (Å²) in [6.07, 6.45) is 3.48. The van der Waals surface area contributed by atoms with Crippen LogP contribution in [0.3, 0.4) is 0 Å². The fourth-order valence-corrected chi connectivity index (χ4v) is 2.12. The number of anilines is 1. The molecule has 7 nitrogen and oxygen atoms in total. The Labute approximate surface area is 115 Å². The van der Waals surface area contributed by atoms with Crippen LogP contribution in [0.15, 0.2) is 24.5 Å². The number of hydrogen-bond acceptors (Lipinski definition) is 4. The van der Waals surface area contributed by atoms with Crippen LogP contribution < -0.4 is 10.6 Å². The summed E-state index contributed by atoms with van der Waals surface area (Å²) < 4.78 is 1.76. The summed E-state index contributed by atoms with van der Waals surface area (Å²) in [5.74, 6) is 0.275. The normalized spacial score (nSPS) is 10.9. The Balaban J connectivity index is 2.11. The van der Waals surface area contributed by atoms with Crippen molar-refractivity contribution in [1.82, 2.24) is 25.1 Å². The lowest BCUT2D eigenvalue weighted by Gasteiger charge is -2.06. The first-order valence-electron chi connectivity index (χ1n) is 6.31. The monoisotopic (exact) mass is 270 g/mol. The van der Waals surface area contributed by atoms with Gasteiger partial charge in [-0.15, -0.1) is 0 Å². The van der Waals surface area contributed by atoms with Crippen LogP contribution in [-0.4, -0.2) is 32.3 Å². The number of aromatic nitrogens is 4. The molecule has 0 aliphatic heterocycles. The number of rotatable bonds is 2. The predicted molar refractivity (Wildman–Crippen MR) is 76.5 cm³/mol. The van der Waals surface area contributed by atoms with Gasteiger partial charge in [-0.2, -0.15) is 5.10 Å². The van der Waals surface area contributed by atoms with Crippen LogP contribution in [0.1, 0.15) is 6.92 Å². The molecular weight excluding hydrogens is 256 g/mol. The molecule has 1 aromatic carbocycles. The largest absolute Gasteiger partial charge is 0.338 e. The Kier molecular flexibility index (Phi) is 2.94. The standard InChI is InChI=1S/C13H14N6O/c1-3-14-13(20)18-12-15-6-8-4-5-9-7-16-19(2)11(9)10(8)17-12/h4-7H,3H2,1-2H3,(H2,14,15,17,18,20). The molecule has 0 fully saturated rings. The average molecular weight is 270 g/mol. The number of nitrogens with zero attached hydrogens (tertiary/aromatic N) is 4. The van der Waals surface area contributed by atoms with E-state index in [-0.39, 0.29) is 12.0 Å². The zero-order valence-corrected chi connectivity index (χ0v) is 11.2. The molecule has 0 spiro atoms. The minimum atomic E-state index is -0.316. The summed E-state index contributed by atoms with van der Waals surface area (Å²) in [7, 11) is 1.86. The summed E-state index contributed by atoms with van der Waals surface area (Å²) >= 11 is 0. The van der Waals surface area contributed by atoms with E-state index in [1.165, 1.54) is 0 Å². The van der Waals surface area contributed by atoms with Crippen LogP contribution in [0, 0.1) is 0 Å². The first-order chi connectivity index (χ1) is 9.69. The molecule has 3 aromatic rings. The van der Waals surface area contributed by atoms with Gasteiger partial charge < -0.3 is 5.32 Å². The van der Waals surface area contributed by atoms with Crippen molar-refractivity contribution < 1.29 is 4.79 Å². The maximum absolute atomic E-state index is 11.5. The van der Waals surface area contributed by atoms with Gasteiger partial charge in [-0.3, -0.25) is 10.00 Å². The predicted octanol–water partition coefficient (Wildman–Crippen LogP) is 1.66. The first-order valence-corrected chi connectivity index (χ1v) is 6.31. The molecule has 0 bridgehead atoms. The van der Waals surface area contributed by atoms with E-state index < -0.39 is 0 Å². The van der Waals surface area contributed by atoms with Gasteiger partial charge in [-0.1, -0.05) is 12.1 Å². The summed E-state index contributed by atoms with van der Waals surface area (Å²) in [6.45, 7) is 2.39. The topological polar surface area (TPSA) is 84.7 Å². The van der Waals surface area contributed by atoms with Crippen LogP contribution in [-0.2, 0) is 7.05 Å². The smallest absolute Gasteiger partial charge is 0.321 e. The third-order valence-corrected chi connectivity index (χ3v) is 3.01. The van der Waals surface area contributed by atoms with Gasteiger partial charge in [-0.05, 0) is 6.92 Å². The molecule has 0 unspecified atom stereocenters. The lowest BCUT2D eigenvalue weighted by atomic mass is 10.2. The van der Waals surface area contributed by atoms with E-state index in [4.69, 9.17) is 0 Å². The molecule has 0 aliphatic carbocycles. The highest BCUT2D eigenvalue weighted by Crippen LogP contribution is 2.23. The maximum atomic E-state index is 11.5. The molecule has 20 heavy (non-hydrogen) atoms. The Morgan fingerprint density at radius 3 is 2.90 bits per heavy atom. The van der Waals surface area contributed by atoms with Gasteiger partial charge in [0.1, 0.15) is 5.52 Å². The third-order valence-electron chi connectivity index (χ3n) is 3.01. The van der Waals surface area contributed by atoms with Crippen molar-refractivity contribution in [1.29, 1.82) is 0 Å². The van der Waals surface area contributed by atoms with Crippen LogP contribution in [0.5, 0.6) is 0 Å². The van der Waals surface area contributed by atoms with Gasteiger partial charge in [0.05, 0.1) is 11.7 Å². The quantitative estimate of drug-likeness (QED) is 0.741. The second-order valence-electron chi connectivity index (χ2n) is 4.39. The minimum absolute atomic E-state index is 0.275. The molecule has 0 radical (unpaired) electrons. The Morgan fingerprint density at radius 2 is 2.10 bits per heavy atom. The Hall–Kier alpha value is -2.70. The minimum Gasteiger partial charge on any atom is -0.338 e. The van der Waals surface area contributed by atoms with E-state index in [0.29, 0.717) is 6.54 Å². The summed E-state index contributed by atoms with van der Waals surface area (Å²) in [6, 6.07) is 3.60. The number of hydrogen-bond donors (Lipinski definition) is 2. The van der Waals surface area contributed by atoms with Gasteiger partial charge in [0, 0.05) is 30.6 Å². The van der Waals surface area contributed by atoms with Gasteiger partial charge >= 0.3 is 6.03 Å². The van der Waals surface area contributed by atoms with E-state index >= 15 is 0 Å². The molecule has 2 heterocycles. The molecule has 7 heteroatoms. The van der Waals surface area contributed by atoms with Gasteiger partial charge in [0.25, 0.3) is 0 Å². The van der Waals surface area contributed by atoms with Crippen molar-refractivity contribution in [2.24, 2.45) is 7.05 Å². The maximum Gasteiger partial charge on any atom is 0.321 e. The first kappa shape index (κ1) is 12.3. The number of carbonyl (C=O) groups excluding carboxylic acids is 1. The average Bonchev–Trinajstić information content (AvgIpc) is 2.81. The molecule has 2 amide bonds. The van der Waals surface area contributed by atoms with E-state index in [9.17, 15) is 4.79 Å². The lowest BCUT2D eigenvalue weighted by Crippen LogP contribution is -2.29. The second-order valence-corrected chi connectivity index (χ2v) is 4.39. The van der Waals surface area contributed by atoms with Gasteiger partial charge in [0.2, 0.25) is 5.95 Å². The molecule has 0 aliphatic rings. The molecular formula is C13H14N6O. The van der Waals surface area contributed by atoms with Crippen molar-refractivity contribution >= 4 is 33.8 Å². The second kappa shape index (κ2) is 4.76. The number of fused-ring (bicyclic) bond motifs is 3. The highest BCUT2D eigenvalue weighted by molar-refractivity contribution is 6.03. The molecule has 0 saturated heterocycles. The number of urea groups is 1. The van der Waals surface area contributed by atoms with E-state index in [2.05, 4.69) is 25.7 Å². The fraction of sp³-hybridized carbons (Fsp3) is 0.231. The zero-order chi connectivity index (χ0) is 14.1. The SMILES string of the molecule is CCNC(=O)Nc1ncc2ccc3cnn(C)c3c2n1. The Morgan fingerprint density at radius 1 is 1.30 bits per heavy atom. The lowest BCUT2D eigenvalue weighted by molar-refractivity contribution is 0.252. The van der Waals surface area contributed by atoms with Crippen LogP contribution in [0.25, 0.3) is 21.8 Å². The highest BCUT2D eigenvalue weighted by Gasteiger charge is 2.09. The van der Waals surface area contributed by atoms with E-state index in [0.717, 1.165) is 21.8 Å². The number of amides is 2. The molecule has 2 aromatic heterocycles. The van der Waals surface area contributed by atoms with Crippen molar-refractivity contribution in [3.63, 3.8) is 0 Å². The number of nitrogens with one attached hydrogen (secondary N) is 2. The Bertz CT molecular complexity index is 794. The van der Waals surface area contributed by atoms with Crippen LogP contribution in [0.2, 0.25) is 0 Å².